The van der Waals surface area contributed by atoms with Crippen molar-refractivity contribution in [2.45, 2.75) is 6.92 Å². The predicted octanol–water partition coefficient (Wildman–Crippen LogP) is 3.56. The number of hydrogen-bond acceptors (Lipinski definition) is 4. The Morgan fingerprint density at radius 3 is 2.52 bits per heavy atom. The summed E-state index contributed by atoms with van der Waals surface area (Å²) in [6.45, 7) is 1.86. The van der Waals surface area contributed by atoms with Crippen molar-refractivity contribution >= 4 is 22.4 Å². The summed E-state index contributed by atoms with van der Waals surface area (Å²) in [5.74, 6) is 0.909. The molecule has 0 fully saturated rings. The molecule has 0 saturated heterocycles. The first-order valence-corrected chi connectivity index (χ1v) is 6.57. The number of fused-ring (bicyclic) bond motifs is 1. The average molecular weight is 281 g/mol. The molecule has 4 nitrogen and oxygen atoms in total. The normalized spacial score (nSPS) is 10.8. The minimum absolute atomic E-state index is 0.148. The van der Waals surface area contributed by atoms with Crippen LogP contribution in [0.1, 0.15) is 21.7 Å². The lowest BCUT2D eigenvalue weighted by molar-refractivity contribution is 0.101. The Bertz CT molecular complexity index is 816. The Kier molecular flexibility index (Phi) is 3.14. The minimum atomic E-state index is -0.148. The van der Waals surface area contributed by atoms with Crippen LogP contribution < -0.4 is 10.5 Å². The van der Waals surface area contributed by atoms with E-state index in [9.17, 15) is 4.79 Å². The van der Waals surface area contributed by atoms with Gasteiger partial charge in [-0.2, -0.15) is 0 Å². The van der Waals surface area contributed by atoms with Crippen LogP contribution in [0.15, 0.2) is 46.9 Å². The van der Waals surface area contributed by atoms with Crippen molar-refractivity contribution in [3.05, 3.63) is 59.4 Å². The van der Waals surface area contributed by atoms with E-state index in [1.165, 1.54) is 0 Å². The summed E-state index contributed by atoms with van der Waals surface area (Å²) in [7, 11) is 1.59. The van der Waals surface area contributed by atoms with Crippen LogP contribution in [-0.2, 0) is 0 Å². The molecule has 2 aromatic carbocycles. The topological polar surface area (TPSA) is 65.5 Å². The van der Waals surface area contributed by atoms with Gasteiger partial charge >= 0.3 is 0 Å². The quantitative estimate of drug-likeness (QED) is 0.589. The van der Waals surface area contributed by atoms with Gasteiger partial charge in [-0.15, -0.1) is 0 Å². The van der Waals surface area contributed by atoms with Gasteiger partial charge in [-0.3, -0.25) is 4.79 Å². The summed E-state index contributed by atoms with van der Waals surface area (Å²) in [6, 6.07) is 12.3. The molecule has 0 bridgehead atoms. The second-order valence-electron chi connectivity index (χ2n) is 4.87. The Morgan fingerprint density at radius 2 is 1.86 bits per heavy atom. The van der Waals surface area contributed by atoms with E-state index < -0.39 is 0 Å². The Hall–Kier alpha value is -2.75. The zero-order chi connectivity index (χ0) is 15.0. The minimum Gasteiger partial charge on any atom is -0.497 e. The fourth-order valence-corrected chi connectivity index (χ4v) is 2.33. The summed E-state index contributed by atoms with van der Waals surface area (Å²) in [4.78, 5) is 12.6. The molecule has 0 saturated carbocycles. The molecule has 4 heteroatoms. The van der Waals surface area contributed by atoms with Crippen molar-refractivity contribution in [3.63, 3.8) is 0 Å². The molecule has 0 unspecified atom stereocenters. The van der Waals surface area contributed by atoms with Gasteiger partial charge in [0.1, 0.15) is 11.3 Å². The Morgan fingerprint density at radius 1 is 1.14 bits per heavy atom. The molecule has 0 atom stereocenters. The smallest absolute Gasteiger partial charge is 0.228 e. The zero-order valence-corrected chi connectivity index (χ0v) is 11.8. The first kappa shape index (κ1) is 13.2. The lowest BCUT2D eigenvalue weighted by atomic mass is 10.0. The number of methoxy groups -OCH3 is 1. The van der Waals surface area contributed by atoms with E-state index in [-0.39, 0.29) is 5.78 Å². The van der Waals surface area contributed by atoms with E-state index in [4.69, 9.17) is 14.9 Å². The molecule has 0 spiro atoms. The highest BCUT2D eigenvalue weighted by Crippen LogP contribution is 2.28. The van der Waals surface area contributed by atoms with Gasteiger partial charge in [0.2, 0.25) is 5.78 Å². The number of aryl methyl sites for hydroxylation is 1. The number of rotatable bonds is 3. The summed E-state index contributed by atoms with van der Waals surface area (Å²) < 4.78 is 10.8. The number of nitrogens with two attached hydrogens (primary N) is 1. The second kappa shape index (κ2) is 4.98. The van der Waals surface area contributed by atoms with Crippen LogP contribution in [0.5, 0.6) is 5.75 Å². The number of ketones is 1. The molecule has 0 aliphatic heterocycles. The van der Waals surface area contributed by atoms with Gasteiger partial charge in [-0.1, -0.05) is 0 Å². The van der Waals surface area contributed by atoms with Gasteiger partial charge in [0.05, 0.1) is 7.11 Å². The van der Waals surface area contributed by atoms with Crippen molar-refractivity contribution in [2.24, 2.45) is 0 Å². The number of furan rings is 1. The standard InChI is InChI=1S/C17H15NO3/c1-10-14-9-12(18)5-8-15(14)21-17(10)16(19)11-3-6-13(20-2)7-4-11/h3-9H,18H2,1-2H3. The van der Waals surface area contributed by atoms with Crippen LogP contribution in [0.25, 0.3) is 11.0 Å². The van der Waals surface area contributed by atoms with Gasteiger partial charge in [-0.05, 0) is 49.4 Å². The molecular weight excluding hydrogens is 266 g/mol. The summed E-state index contributed by atoms with van der Waals surface area (Å²) in [5.41, 5.74) is 8.46. The van der Waals surface area contributed by atoms with Crippen LogP contribution in [0.3, 0.4) is 0 Å². The second-order valence-corrected chi connectivity index (χ2v) is 4.87. The van der Waals surface area contributed by atoms with Crippen molar-refractivity contribution < 1.29 is 13.9 Å². The number of anilines is 1. The van der Waals surface area contributed by atoms with Gasteiger partial charge in [0.15, 0.2) is 5.76 Å². The summed E-state index contributed by atoms with van der Waals surface area (Å²) in [5, 5.41) is 0.867. The number of benzene rings is 2. The largest absolute Gasteiger partial charge is 0.497 e. The van der Waals surface area contributed by atoms with E-state index in [0.29, 0.717) is 28.3 Å². The van der Waals surface area contributed by atoms with Crippen LogP contribution in [0.2, 0.25) is 0 Å². The molecular formula is C17H15NO3. The molecule has 3 aromatic rings. The van der Waals surface area contributed by atoms with Crippen molar-refractivity contribution in [1.82, 2.24) is 0 Å². The SMILES string of the molecule is COc1ccc(C(=O)c2oc3ccc(N)cc3c2C)cc1. The lowest BCUT2D eigenvalue weighted by Gasteiger charge is -2.01. The maximum atomic E-state index is 12.6. The molecule has 0 aliphatic carbocycles. The maximum Gasteiger partial charge on any atom is 0.228 e. The highest BCUT2D eigenvalue weighted by atomic mass is 16.5. The molecule has 0 amide bonds. The first-order chi connectivity index (χ1) is 10.1. The molecule has 0 aliphatic rings. The number of ether oxygens (including phenoxy) is 1. The molecule has 21 heavy (non-hydrogen) atoms. The third-order valence-electron chi connectivity index (χ3n) is 3.52. The van der Waals surface area contributed by atoms with Crippen molar-refractivity contribution in [3.8, 4) is 5.75 Å². The zero-order valence-electron chi connectivity index (χ0n) is 11.8. The van der Waals surface area contributed by atoms with Crippen LogP contribution >= 0.6 is 0 Å². The monoisotopic (exact) mass is 281 g/mol. The van der Waals surface area contributed by atoms with Crippen molar-refractivity contribution in [2.75, 3.05) is 12.8 Å². The van der Waals surface area contributed by atoms with E-state index >= 15 is 0 Å². The van der Waals surface area contributed by atoms with E-state index in [1.54, 1.807) is 43.5 Å². The molecule has 106 valence electrons. The number of hydrogen-bond donors (Lipinski definition) is 1. The molecule has 3 rings (SSSR count). The van der Waals surface area contributed by atoms with Gasteiger partial charge in [0.25, 0.3) is 0 Å². The van der Waals surface area contributed by atoms with E-state index in [1.807, 2.05) is 13.0 Å². The highest BCUT2D eigenvalue weighted by molar-refractivity contribution is 6.10. The summed E-state index contributed by atoms with van der Waals surface area (Å²) in [6.07, 6.45) is 0. The maximum absolute atomic E-state index is 12.6. The Labute approximate surface area is 122 Å². The number of carbonyl (C=O) groups excluding carboxylic acids is 1. The average Bonchev–Trinajstić information content (AvgIpc) is 2.83. The van der Waals surface area contributed by atoms with Gasteiger partial charge in [0, 0.05) is 22.2 Å². The van der Waals surface area contributed by atoms with Gasteiger partial charge in [-0.25, -0.2) is 0 Å². The Balaban J connectivity index is 2.06. The highest BCUT2D eigenvalue weighted by Gasteiger charge is 2.19. The van der Waals surface area contributed by atoms with Crippen LogP contribution in [0.4, 0.5) is 5.69 Å². The summed E-state index contributed by atoms with van der Waals surface area (Å²) >= 11 is 0. The van der Waals surface area contributed by atoms with Crippen molar-refractivity contribution in [1.29, 1.82) is 0 Å². The molecule has 1 heterocycles. The first-order valence-electron chi connectivity index (χ1n) is 6.57. The van der Waals surface area contributed by atoms with E-state index in [2.05, 4.69) is 0 Å². The number of nitrogen functional groups attached to an aromatic ring is 1. The fraction of sp³-hybridized carbons (Fsp3) is 0.118. The molecule has 1 aromatic heterocycles. The lowest BCUT2D eigenvalue weighted by Crippen LogP contribution is -2.01. The molecule has 2 N–H and O–H groups in total. The van der Waals surface area contributed by atoms with Crippen LogP contribution in [-0.4, -0.2) is 12.9 Å². The number of carbonyl (C=O) groups is 1. The van der Waals surface area contributed by atoms with E-state index in [0.717, 1.165) is 10.9 Å². The fourth-order valence-electron chi connectivity index (χ4n) is 2.33. The van der Waals surface area contributed by atoms with Gasteiger partial charge < -0.3 is 14.9 Å². The third kappa shape index (κ3) is 2.25. The molecule has 0 radical (unpaired) electrons. The van der Waals surface area contributed by atoms with Crippen LogP contribution in [0, 0.1) is 6.92 Å². The predicted molar refractivity (Wildman–Crippen MR) is 81.8 cm³/mol. The third-order valence-corrected chi connectivity index (χ3v) is 3.52.